The lowest BCUT2D eigenvalue weighted by atomic mass is 9.95. The molecule has 0 aromatic heterocycles. The van der Waals surface area contributed by atoms with Crippen LogP contribution in [0.1, 0.15) is 28.7 Å². The molecule has 2 aromatic rings. The number of hydrogen-bond donors (Lipinski definition) is 0. The van der Waals surface area contributed by atoms with Gasteiger partial charge >= 0.3 is 0 Å². The standard InChI is InChI=1S/C18H17FOS/c1-12-6-8-16-14(10-12)4-3-5-18(16)21(20)15-7-9-17(19)13(2)11-15/h5-11H,3-4H2,1-2H3. The average Bonchev–Trinajstić information content (AvgIpc) is 2.48. The summed E-state index contributed by atoms with van der Waals surface area (Å²) in [6.07, 6.45) is 3.93. The van der Waals surface area contributed by atoms with Crippen molar-refractivity contribution in [1.82, 2.24) is 0 Å². The van der Waals surface area contributed by atoms with Gasteiger partial charge in [0.05, 0.1) is 0 Å². The first kappa shape index (κ1) is 14.4. The monoisotopic (exact) mass is 300 g/mol. The minimum atomic E-state index is -1.26. The van der Waals surface area contributed by atoms with E-state index in [1.807, 2.05) is 18.2 Å². The Kier molecular flexibility index (Phi) is 3.87. The van der Waals surface area contributed by atoms with Crippen molar-refractivity contribution in [3.63, 3.8) is 0 Å². The van der Waals surface area contributed by atoms with Gasteiger partial charge in [0.2, 0.25) is 0 Å². The van der Waals surface area contributed by atoms with Gasteiger partial charge < -0.3 is 4.55 Å². The van der Waals surface area contributed by atoms with Crippen LogP contribution in [0.4, 0.5) is 4.39 Å². The molecule has 0 radical (unpaired) electrons. The van der Waals surface area contributed by atoms with E-state index in [1.165, 1.54) is 17.2 Å². The minimum absolute atomic E-state index is 0.260. The molecule has 0 N–H and O–H groups in total. The minimum Gasteiger partial charge on any atom is -0.606 e. The van der Waals surface area contributed by atoms with Crippen molar-refractivity contribution in [3.05, 3.63) is 70.5 Å². The molecule has 3 rings (SSSR count). The smallest absolute Gasteiger partial charge is 0.161 e. The zero-order valence-corrected chi connectivity index (χ0v) is 13.0. The molecular formula is C18H17FOS. The molecule has 0 bridgehead atoms. The van der Waals surface area contributed by atoms with Gasteiger partial charge in [-0.15, -0.1) is 0 Å². The summed E-state index contributed by atoms with van der Waals surface area (Å²) in [6, 6.07) is 10.9. The van der Waals surface area contributed by atoms with Crippen molar-refractivity contribution < 1.29 is 8.94 Å². The number of halogens is 1. The molecule has 0 heterocycles. The van der Waals surface area contributed by atoms with Crippen molar-refractivity contribution in [2.75, 3.05) is 0 Å². The summed E-state index contributed by atoms with van der Waals surface area (Å²) >= 11 is -1.26. The lowest BCUT2D eigenvalue weighted by Gasteiger charge is -2.20. The quantitative estimate of drug-likeness (QED) is 0.747. The van der Waals surface area contributed by atoms with E-state index in [9.17, 15) is 8.94 Å². The highest BCUT2D eigenvalue weighted by Gasteiger charge is 2.25. The molecule has 0 amide bonds. The van der Waals surface area contributed by atoms with E-state index < -0.39 is 11.2 Å². The Morgan fingerprint density at radius 1 is 1.10 bits per heavy atom. The highest BCUT2D eigenvalue weighted by Crippen LogP contribution is 2.35. The van der Waals surface area contributed by atoms with Crippen LogP contribution in [0.2, 0.25) is 0 Å². The number of aryl methyl sites for hydroxylation is 3. The van der Waals surface area contributed by atoms with Gasteiger partial charge in [0.1, 0.15) is 5.82 Å². The Bertz CT molecular complexity index is 721. The fourth-order valence-corrected chi connectivity index (χ4v) is 4.07. The van der Waals surface area contributed by atoms with Gasteiger partial charge in [-0.3, -0.25) is 0 Å². The maximum absolute atomic E-state index is 13.4. The van der Waals surface area contributed by atoms with Gasteiger partial charge in [-0.2, -0.15) is 0 Å². The van der Waals surface area contributed by atoms with Crippen LogP contribution < -0.4 is 0 Å². The van der Waals surface area contributed by atoms with Crippen molar-refractivity contribution in [3.8, 4) is 0 Å². The van der Waals surface area contributed by atoms with E-state index in [-0.39, 0.29) is 5.82 Å². The van der Waals surface area contributed by atoms with Crippen LogP contribution in [0.3, 0.4) is 0 Å². The van der Waals surface area contributed by atoms with Crippen LogP contribution in [-0.2, 0) is 17.6 Å². The zero-order valence-electron chi connectivity index (χ0n) is 12.2. The number of allylic oxidation sites excluding steroid dienone is 1. The summed E-state index contributed by atoms with van der Waals surface area (Å²) < 4.78 is 26.2. The molecule has 1 unspecified atom stereocenters. The normalized spacial score (nSPS) is 15.3. The third-order valence-electron chi connectivity index (χ3n) is 3.81. The second-order valence-corrected chi connectivity index (χ2v) is 6.90. The third kappa shape index (κ3) is 2.76. The van der Waals surface area contributed by atoms with E-state index in [4.69, 9.17) is 0 Å². The molecule has 1 aliphatic rings. The maximum atomic E-state index is 13.4. The van der Waals surface area contributed by atoms with E-state index in [1.54, 1.807) is 19.1 Å². The molecule has 0 aliphatic heterocycles. The van der Waals surface area contributed by atoms with Gasteiger partial charge in [0.15, 0.2) is 9.80 Å². The van der Waals surface area contributed by atoms with Crippen LogP contribution in [0.15, 0.2) is 47.4 Å². The van der Waals surface area contributed by atoms with Gasteiger partial charge in [0, 0.05) is 16.7 Å². The van der Waals surface area contributed by atoms with Crippen LogP contribution >= 0.6 is 0 Å². The summed E-state index contributed by atoms with van der Waals surface area (Å²) in [5, 5.41) is 0. The predicted octanol–water partition coefficient (Wildman–Crippen LogP) is 4.54. The third-order valence-corrected chi connectivity index (χ3v) is 5.28. The fourth-order valence-electron chi connectivity index (χ4n) is 2.67. The maximum Gasteiger partial charge on any atom is 0.161 e. The SMILES string of the molecule is Cc1ccc2c(c1)CCC=C2[S+]([O-])c1ccc(F)c(C)c1. The number of fused-ring (bicyclic) bond motifs is 1. The Labute approximate surface area is 127 Å². The van der Waals surface area contributed by atoms with Gasteiger partial charge in [-0.1, -0.05) is 17.7 Å². The second-order valence-electron chi connectivity index (χ2n) is 5.45. The molecule has 1 nitrogen and oxygen atoms in total. The largest absolute Gasteiger partial charge is 0.606 e. The van der Waals surface area contributed by atoms with Crippen LogP contribution in [0, 0.1) is 19.7 Å². The average molecular weight is 300 g/mol. The molecule has 2 aromatic carbocycles. The summed E-state index contributed by atoms with van der Waals surface area (Å²) in [5.74, 6) is -0.260. The van der Waals surface area contributed by atoms with Crippen LogP contribution in [0.5, 0.6) is 0 Å². The molecule has 21 heavy (non-hydrogen) atoms. The molecular weight excluding hydrogens is 283 g/mol. The zero-order chi connectivity index (χ0) is 15.0. The molecule has 0 fully saturated rings. The Hall–Kier alpha value is -1.58. The number of benzene rings is 2. The first-order valence-corrected chi connectivity index (χ1v) is 8.19. The van der Waals surface area contributed by atoms with Crippen molar-refractivity contribution in [1.29, 1.82) is 0 Å². The Morgan fingerprint density at radius 3 is 2.67 bits per heavy atom. The molecule has 1 aliphatic carbocycles. The first-order valence-electron chi connectivity index (χ1n) is 7.04. The number of hydrogen-bond acceptors (Lipinski definition) is 1. The lowest BCUT2D eigenvalue weighted by Crippen LogP contribution is -2.10. The van der Waals surface area contributed by atoms with Crippen LogP contribution in [0.25, 0.3) is 4.91 Å². The summed E-state index contributed by atoms with van der Waals surface area (Å²) in [4.78, 5) is 1.51. The van der Waals surface area contributed by atoms with Crippen molar-refractivity contribution >= 4 is 16.1 Å². The second kappa shape index (κ2) is 5.66. The molecule has 3 heteroatoms. The van der Waals surface area contributed by atoms with Crippen LogP contribution in [-0.4, -0.2) is 4.55 Å². The first-order chi connectivity index (χ1) is 10.1. The van der Waals surface area contributed by atoms with E-state index >= 15 is 0 Å². The summed E-state index contributed by atoms with van der Waals surface area (Å²) in [6.45, 7) is 3.77. The molecule has 1 atom stereocenters. The fraction of sp³-hybridized carbons (Fsp3) is 0.222. The number of rotatable bonds is 2. The molecule has 0 saturated heterocycles. The highest BCUT2D eigenvalue weighted by molar-refractivity contribution is 8.00. The van der Waals surface area contributed by atoms with Gasteiger partial charge in [-0.05, 0) is 68.2 Å². The predicted molar refractivity (Wildman–Crippen MR) is 85.0 cm³/mol. The summed E-state index contributed by atoms with van der Waals surface area (Å²) in [7, 11) is 0. The highest BCUT2D eigenvalue weighted by atomic mass is 32.2. The van der Waals surface area contributed by atoms with Crippen molar-refractivity contribution in [2.24, 2.45) is 0 Å². The topological polar surface area (TPSA) is 23.1 Å². The lowest BCUT2D eigenvalue weighted by molar-refractivity contribution is 0.601. The van der Waals surface area contributed by atoms with E-state index in [0.29, 0.717) is 10.5 Å². The molecule has 108 valence electrons. The Morgan fingerprint density at radius 2 is 1.90 bits per heavy atom. The Balaban J connectivity index is 2.00. The van der Waals surface area contributed by atoms with Gasteiger partial charge in [-0.25, -0.2) is 4.39 Å². The van der Waals surface area contributed by atoms with Crippen molar-refractivity contribution in [2.45, 2.75) is 31.6 Å². The van der Waals surface area contributed by atoms with E-state index in [2.05, 4.69) is 13.0 Å². The summed E-state index contributed by atoms with van der Waals surface area (Å²) in [5.41, 5.74) is 4.06. The van der Waals surface area contributed by atoms with Gasteiger partial charge in [0.25, 0.3) is 0 Å². The molecule has 0 saturated carbocycles. The molecule has 0 spiro atoms. The van der Waals surface area contributed by atoms with E-state index in [0.717, 1.165) is 23.3 Å².